The maximum absolute atomic E-state index is 12.6. The van der Waals surface area contributed by atoms with Gasteiger partial charge in [0.25, 0.3) is 11.8 Å². The second-order valence-corrected chi connectivity index (χ2v) is 7.46. The molecule has 0 spiro atoms. The number of hydrogen-bond donors (Lipinski definition) is 2. The van der Waals surface area contributed by atoms with Gasteiger partial charge in [-0.1, -0.05) is 41.9 Å². The summed E-state index contributed by atoms with van der Waals surface area (Å²) in [6.07, 6.45) is 1.54. The SMILES string of the molecule is CC(C)[C@@H](NC(=O)c1ccc2c(c1)OCO2)C(=O)N/N=C\c1ccc(Br)cc1. The van der Waals surface area contributed by atoms with E-state index >= 15 is 0 Å². The summed E-state index contributed by atoms with van der Waals surface area (Å²) in [6, 6.07) is 11.6. The van der Waals surface area contributed by atoms with E-state index in [-0.39, 0.29) is 18.6 Å². The normalized spacial score (nSPS) is 13.6. The van der Waals surface area contributed by atoms with Gasteiger partial charge >= 0.3 is 0 Å². The number of halogens is 1. The molecule has 7 nitrogen and oxygen atoms in total. The molecule has 1 aliphatic heterocycles. The van der Waals surface area contributed by atoms with Crippen LogP contribution in [0.25, 0.3) is 0 Å². The van der Waals surface area contributed by atoms with Crippen LogP contribution >= 0.6 is 15.9 Å². The Morgan fingerprint density at radius 3 is 2.54 bits per heavy atom. The minimum absolute atomic E-state index is 0.124. The first-order valence-corrected chi connectivity index (χ1v) is 9.52. The molecule has 0 fully saturated rings. The zero-order valence-electron chi connectivity index (χ0n) is 15.4. The molecule has 0 saturated carbocycles. The minimum atomic E-state index is -0.736. The molecule has 1 aliphatic rings. The van der Waals surface area contributed by atoms with Crippen molar-refractivity contribution in [2.24, 2.45) is 11.0 Å². The van der Waals surface area contributed by atoms with Gasteiger partial charge in [0.15, 0.2) is 11.5 Å². The van der Waals surface area contributed by atoms with Gasteiger partial charge in [-0.3, -0.25) is 9.59 Å². The second kappa shape index (κ2) is 8.88. The third kappa shape index (κ3) is 4.89. The summed E-state index contributed by atoms with van der Waals surface area (Å²) in [7, 11) is 0. The molecule has 0 saturated heterocycles. The van der Waals surface area contributed by atoms with Crippen LogP contribution in [0.5, 0.6) is 11.5 Å². The average molecular weight is 446 g/mol. The smallest absolute Gasteiger partial charge is 0.262 e. The van der Waals surface area contributed by atoms with Crippen LogP contribution in [0.3, 0.4) is 0 Å². The lowest BCUT2D eigenvalue weighted by atomic mass is 10.0. The third-order valence-electron chi connectivity index (χ3n) is 4.13. The van der Waals surface area contributed by atoms with E-state index in [4.69, 9.17) is 9.47 Å². The highest BCUT2D eigenvalue weighted by Gasteiger charge is 2.25. The first-order chi connectivity index (χ1) is 13.4. The molecule has 0 bridgehead atoms. The number of fused-ring (bicyclic) bond motifs is 1. The number of rotatable bonds is 6. The van der Waals surface area contributed by atoms with Gasteiger partial charge in [-0.25, -0.2) is 5.43 Å². The Balaban J connectivity index is 1.62. The van der Waals surface area contributed by atoms with E-state index in [2.05, 4.69) is 31.8 Å². The van der Waals surface area contributed by atoms with Crippen LogP contribution in [0.2, 0.25) is 0 Å². The standard InChI is InChI=1S/C20H20BrN3O4/c1-12(2)18(20(26)24-22-10-13-3-6-15(21)7-4-13)23-19(25)14-5-8-16-17(9-14)28-11-27-16/h3-10,12,18H,11H2,1-2H3,(H,23,25)(H,24,26)/b22-10-/t18-/m1/s1. The van der Waals surface area contributed by atoms with Crippen molar-refractivity contribution in [2.45, 2.75) is 19.9 Å². The van der Waals surface area contributed by atoms with Crippen molar-refractivity contribution in [3.8, 4) is 11.5 Å². The molecule has 2 aromatic carbocycles. The highest BCUT2D eigenvalue weighted by Crippen LogP contribution is 2.32. The Morgan fingerprint density at radius 1 is 1.11 bits per heavy atom. The largest absolute Gasteiger partial charge is 0.454 e. The highest BCUT2D eigenvalue weighted by molar-refractivity contribution is 9.10. The molecule has 1 atom stereocenters. The summed E-state index contributed by atoms with van der Waals surface area (Å²) in [5.74, 6) is 0.219. The van der Waals surface area contributed by atoms with E-state index in [9.17, 15) is 9.59 Å². The molecule has 2 aromatic rings. The van der Waals surface area contributed by atoms with E-state index in [1.165, 1.54) is 0 Å². The summed E-state index contributed by atoms with van der Waals surface area (Å²) in [6.45, 7) is 3.83. The van der Waals surface area contributed by atoms with Crippen molar-refractivity contribution >= 4 is 34.0 Å². The summed E-state index contributed by atoms with van der Waals surface area (Å²) >= 11 is 3.36. The number of amides is 2. The van der Waals surface area contributed by atoms with Crippen LogP contribution in [0.15, 0.2) is 52.0 Å². The molecule has 2 N–H and O–H groups in total. The lowest BCUT2D eigenvalue weighted by molar-refractivity contribution is -0.123. The molecule has 146 valence electrons. The van der Waals surface area contributed by atoms with Gasteiger partial charge in [0, 0.05) is 10.0 Å². The predicted molar refractivity (Wildman–Crippen MR) is 109 cm³/mol. The van der Waals surface area contributed by atoms with Crippen LogP contribution in [-0.2, 0) is 4.79 Å². The quantitative estimate of drug-likeness (QED) is 0.528. The van der Waals surface area contributed by atoms with Crippen molar-refractivity contribution in [3.05, 3.63) is 58.1 Å². The number of hydrogen-bond acceptors (Lipinski definition) is 5. The van der Waals surface area contributed by atoms with Gasteiger partial charge in [0.05, 0.1) is 6.21 Å². The Bertz CT molecular complexity index is 897. The van der Waals surface area contributed by atoms with Crippen LogP contribution in [0.1, 0.15) is 29.8 Å². The summed E-state index contributed by atoms with van der Waals surface area (Å²) in [5, 5.41) is 6.73. The monoisotopic (exact) mass is 445 g/mol. The van der Waals surface area contributed by atoms with Crippen LogP contribution in [0, 0.1) is 5.92 Å². The summed E-state index contributed by atoms with van der Waals surface area (Å²) in [4.78, 5) is 25.1. The first-order valence-electron chi connectivity index (χ1n) is 8.73. The molecular weight excluding hydrogens is 426 g/mol. The Hall–Kier alpha value is -2.87. The van der Waals surface area contributed by atoms with Crippen molar-refractivity contribution in [2.75, 3.05) is 6.79 Å². The van der Waals surface area contributed by atoms with E-state index < -0.39 is 11.9 Å². The van der Waals surface area contributed by atoms with Gasteiger partial charge in [-0.15, -0.1) is 0 Å². The second-order valence-electron chi connectivity index (χ2n) is 6.55. The highest BCUT2D eigenvalue weighted by atomic mass is 79.9. The number of carbonyl (C=O) groups is 2. The molecular formula is C20H20BrN3O4. The number of carbonyl (C=O) groups excluding carboxylic acids is 2. The third-order valence-corrected chi connectivity index (χ3v) is 4.66. The van der Waals surface area contributed by atoms with Crippen LogP contribution < -0.4 is 20.2 Å². The summed E-state index contributed by atoms with van der Waals surface area (Å²) in [5.41, 5.74) is 3.72. The van der Waals surface area contributed by atoms with Crippen molar-refractivity contribution in [1.82, 2.24) is 10.7 Å². The van der Waals surface area contributed by atoms with Crippen molar-refractivity contribution in [3.63, 3.8) is 0 Å². The molecule has 0 radical (unpaired) electrons. The number of ether oxygens (including phenoxy) is 2. The van der Waals surface area contributed by atoms with Gasteiger partial charge < -0.3 is 14.8 Å². The van der Waals surface area contributed by atoms with Crippen molar-refractivity contribution < 1.29 is 19.1 Å². The molecule has 2 amide bonds. The molecule has 8 heteroatoms. The van der Waals surface area contributed by atoms with E-state index in [1.807, 2.05) is 38.1 Å². The molecule has 0 aliphatic carbocycles. The Labute approximate surface area is 171 Å². The average Bonchev–Trinajstić information content (AvgIpc) is 3.14. The topological polar surface area (TPSA) is 89.0 Å². The van der Waals surface area contributed by atoms with E-state index in [0.717, 1.165) is 10.0 Å². The zero-order valence-corrected chi connectivity index (χ0v) is 17.0. The zero-order chi connectivity index (χ0) is 20.1. The maximum atomic E-state index is 12.6. The molecule has 0 unspecified atom stereocenters. The number of benzene rings is 2. The first kappa shape index (κ1) is 19.9. The number of nitrogens with zero attached hydrogens (tertiary/aromatic N) is 1. The maximum Gasteiger partial charge on any atom is 0.262 e. The van der Waals surface area contributed by atoms with Gasteiger partial charge in [-0.2, -0.15) is 5.10 Å². The minimum Gasteiger partial charge on any atom is -0.454 e. The van der Waals surface area contributed by atoms with Gasteiger partial charge in [0.1, 0.15) is 6.04 Å². The number of hydrazone groups is 1. The predicted octanol–water partition coefficient (Wildman–Crippen LogP) is 3.08. The Morgan fingerprint density at radius 2 is 1.82 bits per heavy atom. The van der Waals surface area contributed by atoms with Crippen LogP contribution in [-0.4, -0.2) is 30.9 Å². The lowest BCUT2D eigenvalue weighted by Gasteiger charge is -2.20. The fraction of sp³-hybridized carbons (Fsp3) is 0.250. The van der Waals surface area contributed by atoms with E-state index in [0.29, 0.717) is 17.1 Å². The molecule has 1 heterocycles. The fourth-order valence-electron chi connectivity index (χ4n) is 2.59. The van der Waals surface area contributed by atoms with E-state index in [1.54, 1.807) is 24.4 Å². The van der Waals surface area contributed by atoms with Crippen molar-refractivity contribution in [1.29, 1.82) is 0 Å². The lowest BCUT2D eigenvalue weighted by Crippen LogP contribution is -2.48. The summed E-state index contributed by atoms with van der Waals surface area (Å²) < 4.78 is 11.5. The van der Waals surface area contributed by atoms with Crippen LogP contribution in [0.4, 0.5) is 0 Å². The molecule has 3 rings (SSSR count). The van der Waals surface area contributed by atoms with Gasteiger partial charge in [-0.05, 0) is 41.8 Å². The molecule has 0 aromatic heterocycles. The number of nitrogens with one attached hydrogen (secondary N) is 2. The Kier molecular flexibility index (Phi) is 6.30. The fourth-order valence-corrected chi connectivity index (χ4v) is 2.85. The molecule has 28 heavy (non-hydrogen) atoms. The van der Waals surface area contributed by atoms with Gasteiger partial charge in [0.2, 0.25) is 6.79 Å².